The summed E-state index contributed by atoms with van der Waals surface area (Å²) < 4.78 is 70.0. The number of nitrogens with one attached hydrogen (secondary N) is 1. The molecule has 38 heavy (non-hydrogen) atoms. The Morgan fingerprint density at radius 2 is 1.82 bits per heavy atom. The minimum atomic E-state index is -4.31. The minimum Gasteiger partial charge on any atom is -0.509 e. The monoisotopic (exact) mass is 564 g/mol. The Morgan fingerprint density at radius 1 is 1.16 bits per heavy atom. The molecule has 0 fully saturated rings. The lowest BCUT2D eigenvalue weighted by molar-refractivity contribution is -0.129. The Morgan fingerprint density at radius 3 is 2.42 bits per heavy atom. The summed E-state index contributed by atoms with van der Waals surface area (Å²) in [6, 6.07) is 9.21. The van der Waals surface area contributed by atoms with Crippen molar-refractivity contribution in [2.45, 2.75) is 44.8 Å². The van der Waals surface area contributed by atoms with E-state index in [0.717, 1.165) is 0 Å². The number of halogens is 1. The summed E-state index contributed by atoms with van der Waals surface area (Å²) >= 11 is 0. The largest absolute Gasteiger partial charge is 0.509 e. The van der Waals surface area contributed by atoms with Gasteiger partial charge in [0.2, 0.25) is 10.0 Å². The lowest BCUT2D eigenvalue weighted by atomic mass is 9.84. The average molecular weight is 565 g/mol. The van der Waals surface area contributed by atoms with E-state index in [-0.39, 0.29) is 58.5 Å². The molecule has 13 heteroatoms. The van der Waals surface area contributed by atoms with Gasteiger partial charge in [-0.2, -0.15) is 12.8 Å². The second-order valence-electron chi connectivity index (χ2n) is 10.2. The number of aliphatic hydroxyl groups excluding tert-OH is 1. The SMILES string of the molecule is CC(C)(C)[C@H]1C(O)=C(C2=NS(=O)(=O)c3c(CNS(=O)(=O)CCN)cccc32)C(=O)N1Cc1ccc(F)cc1. The van der Waals surface area contributed by atoms with E-state index in [4.69, 9.17) is 5.73 Å². The van der Waals surface area contributed by atoms with Gasteiger partial charge in [0.1, 0.15) is 27.8 Å². The van der Waals surface area contributed by atoms with Gasteiger partial charge in [-0.3, -0.25) is 4.79 Å². The lowest BCUT2D eigenvalue weighted by Gasteiger charge is -2.35. The Bertz CT molecular complexity index is 1560. The Labute approximate surface area is 221 Å². The highest BCUT2D eigenvalue weighted by Crippen LogP contribution is 2.41. The maximum Gasteiger partial charge on any atom is 0.283 e. The van der Waals surface area contributed by atoms with Gasteiger partial charge >= 0.3 is 0 Å². The summed E-state index contributed by atoms with van der Waals surface area (Å²) in [5.74, 6) is -1.70. The summed E-state index contributed by atoms with van der Waals surface area (Å²) in [7, 11) is -8.05. The van der Waals surface area contributed by atoms with Crippen LogP contribution in [-0.2, 0) is 37.9 Å². The van der Waals surface area contributed by atoms with Crippen molar-refractivity contribution >= 4 is 31.7 Å². The predicted molar refractivity (Wildman–Crippen MR) is 140 cm³/mol. The molecule has 1 amide bonds. The van der Waals surface area contributed by atoms with Crippen molar-refractivity contribution in [3.05, 3.63) is 76.3 Å². The first-order valence-corrected chi connectivity index (χ1v) is 14.9. The molecule has 4 N–H and O–H groups in total. The lowest BCUT2D eigenvalue weighted by Crippen LogP contribution is -2.43. The van der Waals surface area contributed by atoms with Gasteiger partial charge in [0, 0.05) is 25.2 Å². The van der Waals surface area contributed by atoms with Crippen LogP contribution in [0.15, 0.2) is 63.1 Å². The predicted octanol–water partition coefficient (Wildman–Crippen LogP) is 1.96. The summed E-state index contributed by atoms with van der Waals surface area (Å²) in [4.78, 5) is 14.9. The van der Waals surface area contributed by atoms with Crippen molar-refractivity contribution < 1.29 is 31.1 Å². The molecule has 0 radical (unpaired) electrons. The quantitative estimate of drug-likeness (QED) is 0.442. The number of hydrogen-bond donors (Lipinski definition) is 3. The van der Waals surface area contributed by atoms with Gasteiger partial charge in [-0.25, -0.2) is 17.5 Å². The van der Waals surface area contributed by atoms with E-state index >= 15 is 0 Å². The number of nitrogens with two attached hydrogens (primary N) is 1. The van der Waals surface area contributed by atoms with E-state index < -0.39 is 43.2 Å². The molecular formula is C25H29FN4O6S2. The first-order chi connectivity index (χ1) is 17.7. The zero-order chi connectivity index (χ0) is 28.0. The van der Waals surface area contributed by atoms with Gasteiger partial charge in [-0.05, 0) is 28.7 Å². The van der Waals surface area contributed by atoms with Crippen molar-refractivity contribution in [3.8, 4) is 0 Å². The molecule has 0 aliphatic carbocycles. The molecule has 2 heterocycles. The molecule has 2 aliphatic rings. The first kappa shape index (κ1) is 27.9. The number of aliphatic hydroxyl groups is 1. The van der Waals surface area contributed by atoms with Crippen molar-refractivity contribution in [3.63, 3.8) is 0 Å². The fraction of sp³-hybridized carbons (Fsp3) is 0.360. The Kier molecular flexibility index (Phi) is 7.25. The number of carbonyl (C=O) groups is 1. The number of nitrogens with zero attached hydrogens (tertiary/aromatic N) is 2. The Hall–Kier alpha value is -3.13. The maximum absolute atomic E-state index is 13.7. The molecule has 2 aliphatic heterocycles. The van der Waals surface area contributed by atoms with Crippen LogP contribution in [0.4, 0.5) is 4.39 Å². The first-order valence-electron chi connectivity index (χ1n) is 11.8. The van der Waals surface area contributed by atoms with Crippen LogP contribution < -0.4 is 10.5 Å². The highest BCUT2D eigenvalue weighted by atomic mass is 32.2. The molecule has 0 saturated heterocycles. The van der Waals surface area contributed by atoms with Crippen LogP contribution in [0.25, 0.3) is 0 Å². The third kappa shape index (κ3) is 5.23. The van der Waals surface area contributed by atoms with Crippen LogP contribution in [0.3, 0.4) is 0 Å². The topological polar surface area (TPSA) is 159 Å². The minimum absolute atomic E-state index is 0.0461. The van der Waals surface area contributed by atoms with Crippen LogP contribution in [0.2, 0.25) is 0 Å². The van der Waals surface area contributed by atoms with Gasteiger partial charge in [0.15, 0.2) is 0 Å². The average Bonchev–Trinajstić information content (AvgIpc) is 3.23. The van der Waals surface area contributed by atoms with Gasteiger partial charge in [-0.1, -0.05) is 51.1 Å². The van der Waals surface area contributed by atoms with Crippen molar-refractivity contribution in [2.24, 2.45) is 15.5 Å². The van der Waals surface area contributed by atoms with Crippen LogP contribution in [-0.4, -0.2) is 56.8 Å². The van der Waals surface area contributed by atoms with Crippen LogP contribution in [0, 0.1) is 11.2 Å². The van der Waals surface area contributed by atoms with E-state index in [9.17, 15) is 31.1 Å². The van der Waals surface area contributed by atoms with E-state index in [1.807, 2.05) is 20.8 Å². The van der Waals surface area contributed by atoms with Gasteiger partial charge in [-0.15, -0.1) is 0 Å². The highest BCUT2D eigenvalue weighted by molar-refractivity contribution is 7.91. The number of fused-ring (bicyclic) bond motifs is 1. The zero-order valence-corrected chi connectivity index (χ0v) is 22.7. The number of hydrogen-bond acceptors (Lipinski definition) is 7. The van der Waals surface area contributed by atoms with E-state index in [0.29, 0.717) is 5.56 Å². The summed E-state index contributed by atoms with van der Waals surface area (Å²) in [5.41, 5.74) is 5.09. The van der Waals surface area contributed by atoms with Crippen molar-refractivity contribution in [1.82, 2.24) is 9.62 Å². The number of rotatable bonds is 8. The summed E-state index contributed by atoms with van der Waals surface area (Å²) in [6.07, 6.45) is 0. The molecule has 1 atom stereocenters. The van der Waals surface area contributed by atoms with Crippen LogP contribution >= 0.6 is 0 Å². The third-order valence-electron chi connectivity index (χ3n) is 6.32. The number of amides is 1. The van der Waals surface area contributed by atoms with Crippen molar-refractivity contribution in [1.29, 1.82) is 0 Å². The molecule has 4 rings (SSSR count). The molecular weight excluding hydrogens is 535 g/mol. The molecule has 10 nitrogen and oxygen atoms in total. The maximum atomic E-state index is 13.7. The normalized spacial score (nSPS) is 19.2. The summed E-state index contributed by atoms with van der Waals surface area (Å²) in [6.45, 7) is 5.10. The molecule has 204 valence electrons. The number of carbonyl (C=O) groups excluding carboxylic acids is 1. The molecule has 0 aromatic heterocycles. The highest BCUT2D eigenvalue weighted by Gasteiger charge is 2.49. The molecule has 2 aromatic carbocycles. The summed E-state index contributed by atoms with van der Waals surface area (Å²) in [5, 5.41) is 11.3. The zero-order valence-electron chi connectivity index (χ0n) is 21.1. The molecule has 0 unspecified atom stereocenters. The molecule has 2 aromatic rings. The molecule has 0 saturated carbocycles. The molecule has 0 bridgehead atoms. The van der Waals surface area contributed by atoms with Crippen LogP contribution in [0.5, 0.6) is 0 Å². The van der Waals surface area contributed by atoms with E-state index in [1.54, 1.807) is 0 Å². The standard InChI is InChI=1S/C25H29FN4O6S2/c1-25(2,3)23-21(31)19(24(32)30(23)14-15-7-9-17(26)10-8-15)20-18-6-4-5-16(22(18)38(35,36)29-20)13-28-37(33,34)12-11-27/h4-10,23,28,31H,11-14,27H2,1-3H3/t23-/m1/s1. The number of sulfonamides is 2. The second-order valence-corrected chi connectivity index (χ2v) is 13.7. The second kappa shape index (κ2) is 9.88. The number of benzene rings is 2. The third-order valence-corrected chi connectivity index (χ3v) is 9.09. The van der Waals surface area contributed by atoms with Gasteiger partial charge in [0.25, 0.3) is 15.9 Å². The van der Waals surface area contributed by atoms with Gasteiger partial charge < -0.3 is 15.7 Å². The Balaban J connectivity index is 1.77. The fourth-order valence-corrected chi connectivity index (χ4v) is 7.00. The van der Waals surface area contributed by atoms with E-state index in [1.165, 1.54) is 47.4 Å². The van der Waals surface area contributed by atoms with E-state index in [2.05, 4.69) is 9.12 Å². The van der Waals surface area contributed by atoms with Gasteiger partial charge in [0.05, 0.1) is 11.8 Å². The smallest absolute Gasteiger partial charge is 0.283 e. The van der Waals surface area contributed by atoms with Crippen LogP contribution in [0.1, 0.15) is 37.5 Å². The molecule has 0 spiro atoms. The fourth-order valence-electron chi connectivity index (χ4n) is 4.73. The van der Waals surface area contributed by atoms with Crippen molar-refractivity contribution in [2.75, 3.05) is 12.3 Å².